The zero-order valence-electron chi connectivity index (χ0n) is 15.6. The zero-order chi connectivity index (χ0) is 15.6. The van der Waals surface area contributed by atoms with Gasteiger partial charge in [-0.15, -0.1) is 0 Å². The van der Waals surface area contributed by atoms with Gasteiger partial charge in [0, 0.05) is 0 Å². The van der Waals surface area contributed by atoms with E-state index in [2.05, 4.69) is 20.8 Å². The summed E-state index contributed by atoms with van der Waals surface area (Å²) in [7, 11) is 0. The third kappa shape index (κ3) is 22.3. The first-order chi connectivity index (χ1) is 10.3. The monoisotopic (exact) mass is 312 g/mol. The minimum absolute atomic E-state index is 0. The predicted molar refractivity (Wildman–Crippen MR) is 106 cm³/mol. The third-order valence-corrected chi connectivity index (χ3v) is 4.64. The standard InChI is InChI=1S/C21H44.CH4/c1-4-5-6-7-8-9-10-11-12-13-14-15-16-17-18-19-20-21(2)3;/h21H,4-20H2,1-3H3;1H4. The van der Waals surface area contributed by atoms with Gasteiger partial charge in [0.2, 0.25) is 0 Å². The zero-order valence-corrected chi connectivity index (χ0v) is 15.6. The fraction of sp³-hybridized carbons (Fsp3) is 1.00. The summed E-state index contributed by atoms with van der Waals surface area (Å²) in [5.74, 6) is 0.900. The number of rotatable bonds is 17. The van der Waals surface area contributed by atoms with Crippen LogP contribution in [0.2, 0.25) is 0 Å². The van der Waals surface area contributed by atoms with Crippen molar-refractivity contribution in [1.82, 2.24) is 0 Å². The molecule has 0 spiro atoms. The third-order valence-electron chi connectivity index (χ3n) is 4.64. The first-order valence-electron chi connectivity index (χ1n) is 10.3. The van der Waals surface area contributed by atoms with E-state index in [-0.39, 0.29) is 7.43 Å². The van der Waals surface area contributed by atoms with Crippen molar-refractivity contribution in [2.45, 2.75) is 137 Å². The van der Waals surface area contributed by atoms with Crippen molar-refractivity contribution in [2.24, 2.45) is 5.92 Å². The maximum absolute atomic E-state index is 2.34. The van der Waals surface area contributed by atoms with Crippen LogP contribution in [0.5, 0.6) is 0 Å². The molecule has 0 aliphatic heterocycles. The molecule has 0 aromatic rings. The van der Waals surface area contributed by atoms with Gasteiger partial charge in [0.05, 0.1) is 0 Å². The van der Waals surface area contributed by atoms with Crippen molar-refractivity contribution in [2.75, 3.05) is 0 Å². The first kappa shape index (κ1) is 24.3. The van der Waals surface area contributed by atoms with E-state index >= 15 is 0 Å². The number of hydrogen-bond donors (Lipinski definition) is 0. The molecule has 0 nitrogen and oxygen atoms in total. The van der Waals surface area contributed by atoms with Crippen LogP contribution in [-0.2, 0) is 0 Å². The summed E-state index contributed by atoms with van der Waals surface area (Å²) in [5.41, 5.74) is 0. The highest BCUT2D eigenvalue weighted by Crippen LogP contribution is 2.14. The lowest BCUT2D eigenvalue weighted by Gasteiger charge is -2.05. The summed E-state index contributed by atoms with van der Waals surface area (Å²) in [6.45, 7) is 6.97. The molecule has 0 aliphatic rings. The van der Waals surface area contributed by atoms with Gasteiger partial charge >= 0.3 is 0 Å². The lowest BCUT2D eigenvalue weighted by Crippen LogP contribution is -1.87. The van der Waals surface area contributed by atoms with Crippen LogP contribution in [0, 0.1) is 5.92 Å². The van der Waals surface area contributed by atoms with E-state index in [0.717, 1.165) is 5.92 Å². The first-order valence-corrected chi connectivity index (χ1v) is 10.3. The molecule has 0 amide bonds. The van der Waals surface area contributed by atoms with Crippen LogP contribution >= 0.6 is 0 Å². The Bertz CT molecular complexity index is 171. The van der Waals surface area contributed by atoms with Gasteiger partial charge in [0.15, 0.2) is 0 Å². The van der Waals surface area contributed by atoms with E-state index in [1.54, 1.807) is 0 Å². The largest absolute Gasteiger partial charge is 0.0776 e. The SMILES string of the molecule is C.CCCCCCCCCCCCCCCCCCC(C)C. The number of unbranched alkanes of at least 4 members (excludes halogenated alkanes) is 15. The molecule has 0 saturated heterocycles. The molecule has 0 N–H and O–H groups in total. The van der Waals surface area contributed by atoms with E-state index in [0.29, 0.717) is 0 Å². The smallest absolute Gasteiger partial charge is 0.0471 e. The maximum Gasteiger partial charge on any atom is -0.0471 e. The molecule has 0 heteroatoms. The normalized spacial score (nSPS) is 10.9. The molecule has 22 heavy (non-hydrogen) atoms. The second-order valence-corrected chi connectivity index (χ2v) is 7.49. The summed E-state index contributed by atoms with van der Waals surface area (Å²) in [6, 6.07) is 0. The molecule has 0 saturated carbocycles. The van der Waals surface area contributed by atoms with Crippen molar-refractivity contribution in [3.63, 3.8) is 0 Å². The van der Waals surface area contributed by atoms with Gasteiger partial charge in [0.25, 0.3) is 0 Å². The fourth-order valence-electron chi connectivity index (χ4n) is 3.10. The molecule has 136 valence electrons. The van der Waals surface area contributed by atoms with Crippen LogP contribution in [0.3, 0.4) is 0 Å². The van der Waals surface area contributed by atoms with E-state index in [4.69, 9.17) is 0 Å². The van der Waals surface area contributed by atoms with Crippen LogP contribution in [0.15, 0.2) is 0 Å². The average molecular weight is 313 g/mol. The van der Waals surface area contributed by atoms with Gasteiger partial charge in [-0.25, -0.2) is 0 Å². The second kappa shape index (κ2) is 21.0. The second-order valence-electron chi connectivity index (χ2n) is 7.49. The maximum atomic E-state index is 2.34. The number of hydrogen-bond acceptors (Lipinski definition) is 0. The Hall–Kier alpha value is 0. The molecule has 0 heterocycles. The fourth-order valence-corrected chi connectivity index (χ4v) is 3.10. The van der Waals surface area contributed by atoms with E-state index < -0.39 is 0 Å². The lowest BCUT2D eigenvalue weighted by atomic mass is 10.0. The van der Waals surface area contributed by atoms with Crippen molar-refractivity contribution in [1.29, 1.82) is 0 Å². The molecular formula is C22H48. The molecule has 0 aliphatic carbocycles. The lowest BCUT2D eigenvalue weighted by molar-refractivity contribution is 0.502. The molecular weight excluding hydrogens is 264 g/mol. The van der Waals surface area contributed by atoms with E-state index in [1.165, 1.54) is 109 Å². The molecule has 0 atom stereocenters. The Labute approximate surface area is 143 Å². The molecule has 0 radical (unpaired) electrons. The summed E-state index contributed by atoms with van der Waals surface area (Å²) >= 11 is 0. The summed E-state index contributed by atoms with van der Waals surface area (Å²) in [4.78, 5) is 0. The van der Waals surface area contributed by atoms with Crippen molar-refractivity contribution in [3.05, 3.63) is 0 Å². The minimum Gasteiger partial charge on any atom is -0.0776 e. The average Bonchev–Trinajstić information content (AvgIpc) is 2.46. The molecule has 0 bridgehead atoms. The highest BCUT2D eigenvalue weighted by Gasteiger charge is 1.96. The predicted octanol–water partition coefficient (Wildman–Crippen LogP) is 8.93. The van der Waals surface area contributed by atoms with Crippen LogP contribution < -0.4 is 0 Å². The summed E-state index contributed by atoms with van der Waals surface area (Å²) < 4.78 is 0. The molecule has 0 aromatic carbocycles. The Balaban J connectivity index is 0. The Kier molecular flexibility index (Phi) is 23.2. The summed E-state index contributed by atoms with van der Waals surface area (Å²) in [6.07, 6.45) is 25.0. The van der Waals surface area contributed by atoms with Crippen molar-refractivity contribution >= 4 is 0 Å². The van der Waals surface area contributed by atoms with Gasteiger partial charge in [-0.05, 0) is 5.92 Å². The van der Waals surface area contributed by atoms with Crippen LogP contribution in [-0.4, -0.2) is 0 Å². The topological polar surface area (TPSA) is 0 Å². The van der Waals surface area contributed by atoms with Gasteiger partial charge < -0.3 is 0 Å². The van der Waals surface area contributed by atoms with Crippen LogP contribution in [0.25, 0.3) is 0 Å². The van der Waals surface area contributed by atoms with Gasteiger partial charge in [-0.3, -0.25) is 0 Å². The Morgan fingerprint density at radius 3 is 1.00 bits per heavy atom. The highest BCUT2D eigenvalue weighted by atomic mass is 14.0. The molecule has 0 fully saturated rings. The quantitative estimate of drug-likeness (QED) is 0.235. The van der Waals surface area contributed by atoms with Gasteiger partial charge in [-0.1, -0.05) is 137 Å². The van der Waals surface area contributed by atoms with Crippen LogP contribution in [0.1, 0.15) is 137 Å². The van der Waals surface area contributed by atoms with E-state index in [1.807, 2.05) is 0 Å². The Morgan fingerprint density at radius 1 is 0.455 bits per heavy atom. The van der Waals surface area contributed by atoms with E-state index in [9.17, 15) is 0 Å². The Morgan fingerprint density at radius 2 is 0.727 bits per heavy atom. The van der Waals surface area contributed by atoms with Crippen LogP contribution in [0.4, 0.5) is 0 Å². The molecule has 0 unspecified atom stereocenters. The minimum atomic E-state index is 0. The molecule has 0 aromatic heterocycles. The summed E-state index contributed by atoms with van der Waals surface area (Å²) in [5, 5.41) is 0. The van der Waals surface area contributed by atoms with Crippen molar-refractivity contribution in [3.8, 4) is 0 Å². The van der Waals surface area contributed by atoms with Gasteiger partial charge in [0.1, 0.15) is 0 Å². The highest BCUT2D eigenvalue weighted by molar-refractivity contribution is 4.51. The van der Waals surface area contributed by atoms with Gasteiger partial charge in [-0.2, -0.15) is 0 Å². The van der Waals surface area contributed by atoms with Crippen molar-refractivity contribution < 1.29 is 0 Å². The molecule has 0 rings (SSSR count).